The van der Waals surface area contributed by atoms with Gasteiger partial charge in [0.1, 0.15) is 22.0 Å². The van der Waals surface area contributed by atoms with Gasteiger partial charge in [-0.3, -0.25) is 4.79 Å². The van der Waals surface area contributed by atoms with Crippen molar-refractivity contribution < 1.29 is 19.0 Å². The first kappa shape index (κ1) is 15.4. The van der Waals surface area contributed by atoms with Gasteiger partial charge in [-0.25, -0.2) is 9.37 Å². The van der Waals surface area contributed by atoms with E-state index >= 15 is 0 Å². The number of thiazole rings is 1. The number of esters is 1. The van der Waals surface area contributed by atoms with Gasteiger partial charge in [-0.15, -0.1) is 11.3 Å². The molecule has 1 N–H and O–H groups in total. The molecule has 0 bridgehead atoms. The average molecular weight is 309 g/mol. The summed E-state index contributed by atoms with van der Waals surface area (Å²) >= 11 is 1.29. The molecule has 2 rings (SSSR count). The number of benzene rings is 1. The highest BCUT2D eigenvalue weighted by molar-refractivity contribution is 7.13. The fourth-order valence-electron chi connectivity index (χ4n) is 1.81. The zero-order valence-electron chi connectivity index (χ0n) is 12.0. The van der Waals surface area contributed by atoms with Crippen molar-refractivity contribution in [3.8, 4) is 16.3 Å². The third-order valence-electron chi connectivity index (χ3n) is 3.06. The lowest BCUT2D eigenvalue weighted by atomic mass is 9.90. The van der Waals surface area contributed by atoms with Crippen molar-refractivity contribution in [1.82, 2.24) is 4.98 Å². The number of ether oxygens (including phenoxy) is 1. The Bertz CT molecular complexity index is 646. The first-order valence-corrected chi connectivity index (χ1v) is 7.35. The SMILES string of the molecule is CCOC(=O)C(C)(C)c1csc(-c2cc(O)cc(F)c2)n1. The Hall–Kier alpha value is -1.95. The van der Waals surface area contributed by atoms with Crippen LogP contribution in [0.2, 0.25) is 0 Å². The highest BCUT2D eigenvalue weighted by Gasteiger charge is 2.34. The molecule has 0 unspecified atom stereocenters. The van der Waals surface area contributed by atoms with Gasteiger partial charge >= 0.3 is 5.97 Å². The Morgan fingerprint density at radius 2 is 2.14 bits per heavy atom. The molecule has 2 aromatic rings. The maximum Gasteiger partial charge on any atom is 0.317 e. The number of nitrogens with zero attached hydrogens (tertiary/aromatic N) is 1. The fourth-order valence-corrected chi connectivity index (χ4v) is 2.78. The monoisotopic (exact) mass is 309 g/mol. The van der Waals surface area contributed by atoms with Crippen LogP contribution >= 0.6 is 11.3 Å². The van der Waals surface area contributed by atoms with E-state index in [1.165, 1.54) is 23.5 Å². The van der Waals surface area contributed by atoms with Crippen LogP contribution in [0.4, 0.5) is 4.39 Å². The number of hydrogen-bond donors (Lipinski definition) is 1. The summed E-state index contributed by atoms with van der Waals surface area (Å²) in [6.07, 6.45) is 0. The number of phenolic OH excluding ortho intramolecular Hbond substituents is 1. The van der Waals surface area contributed by atoms with E-state index in [-0.39, 0.29) is 11.7 Å². The predicted molar refractivity (Wildman–Crippen MR) is 78.8 cm³/mol. The number of aromatic hydroxyl groups is 1. The first-order valence-electron chi connectivity index (χ1n) is 6.47. The molecule has 1 heterocycles. The van der Waals surface area contributed by atoms with Crippen LogP contribution in [0.1, 0.15) is 26.5 Å². The third-order valence-corrected chi connectivity index (χ3v) is 3.95. The molecular weight excluding hydrogens is 293 g/mol. The second-order valence-electron chi connectivity index (χ2n) is 5.08. The van der Waals surface area contributed by atoms with Gasteiger partial charge in [-0.05, 0) is 32.9 Å². The minimum Gasteiger partial charge on any atom is -0.508 e. The lowest BCUT2D eigenvalue weighted by Crippen LogP contribution is -2.31. The van der Waals surface area contributed by atoms with E-state index in [1.807, 2.05) is 0 Å². The summed E-state index contributed by atoms with van der Waals surface area (Å²) in [5, 5.41) is 11.7. The summed E-state index contributed by atoms with van der Waals surface area (Å²) in [5.41, 5.74) is 0.160. The number of aromatic nitrogens is 1. The average Bonchev–Trinajstić information content (AvgIpc) is 2.88. The van der Waals surface area contributed by atoms with Crippen LogP contribution in [0.5, 0.6) is 5.75 Å². The van der Waals surface area contributed by atoms with Crippen LogP contribution in [-0.4, -0.2) is 22.7 Å². The molecule has 0 aliphatic rings. The van der Waals surface area contributed by atoms with E-state index in [0.29, 0.717) is 22.9 Å². The molecule has 0 saturated heterocycles. The molecule has 1 aromatic carbocycles. The maximum absolute atomic E-state index is 13.3. The molecule has 0 spiro atoms. The van der Waals surface area contributed by atoms with Crippen LogP contribution in [0.3, 0.4) is 0 Å². The summed E-state index contributed by atoms with van der Waals surface area (Å²) in [5.74, 6) is -1.05. The van der Waals surface area contributed by atoms with Crippen molar-refractivity contribution in [2.24, 2.45) is 0 Å². The van der Waals surface area contributed by atoms with Gasteiger partial charge in [-0.1, -0.05) is 0 Å². The predicted octanol–water partition coefficient (Wildman–Crippen LogP) is 3.50. The van der Waals surface area contributed by atoms with Gasteiger partial charge in [0.15, 0.2) is 0 Å². The second-order valence-corrected chi connectivity index (χ2v) is 5.94. The smallest absolute Gasteiger partial charge is 0.317 e. The van der Waals surface area contributed by atoms with Gasteiger partial charge in [0, 0.05) is 17.0 Å². The Labute approximate surface area is 126 Å². The topological polar surface area (TPSA) is 59.4 Å². The first-order chi connectivity index (χ1) is 9.84. The summed E-state index contributed by atoms with van der Waals surface area (Å²) in [6.45, 7) is 5.51. The molecule has 112 valence electrons. The Morgan fingerprint density at radius 3 is 2.76 bits per heavy atom. The molecule has 0 fully saturated rings. The molecule has 4 nitrogen and oxygen atoms in total. The maximum atomic E-state index is 13.3. The Kier molecular flexibility index (Phi) is 4.27. The fraction of sp³-hybridized carbons (Fsp3) is 0.333. The molecular formula is C15H16FNO3S. The lowest BCUT2D eigenvalue weighted by Gasteiger charge is -2.19. The Morgan fingerprint density at radius 1 is 1.43 bits per heavy atom. The summed E-state index contributed by atoms with van der Waals surface area (Å²) in [6, 6.07) is 3.75. The highest BCUT2D eigenvalue weighted by atomic mass is 32.1. The van der Waals surface area contributed by atoms with Crippen LogP contribution in [0.15, 0.2) is 23.6 Å². The quantitative estimate of drug-likeness (QED) is 0.878. The van der Waals surface area contributed by atoms with Crippen LogP contribution in [0.25, 0.3) is 10.6 Å². The zero-order valence-corrected chi connectivity index (χ0v) is 12.8. The van der Waals surface area contributed by atoms with Crippen molar-refractivity contribution in [1.29, 1.82) is 0 Å². The molecule has 0 radical (unpaired) electrons. The second kappa shape index (κ2) is 5.81. The lowest BCUT2D eigenvalue weighted by molar-refractivity contribution is -0.148. The normalized spacial score (nSPS) is 11.4. The van der Waals surface area contributed by atoms with Crippen molar-refractivity contribution in [3.05, 3.63) is 35.1 Å². The van der Waals surface area contributed by atoms with E-state index in [0.717, 1.165) is 6.07 Å². The van der Waals surface area contributed by atoms with Gasteiger partial charge in [0.2, 0.25) is 0 Å². The van der Waals surface area contributed by atoms with E-state index in [9.17, 15) is 14.3 Å². The van der Waals surface area contributed by atoms with Gasteiger partial charge < -0.3 is 9.84 Å². The number of hydrogen-bond acceptors (Lipinski definition) is 5. The Balaban J connectivity index is 2.35. The molecule has 0 saturated carbocycles. The van der Waals surface area contributed by atoms with E-state index < -0.39 is 11.2 Å². The van der Waals surface area contributed by atoms with Crippen molar-refractivity contribution in [2.75, 3.05) is 6.61 Å². The summed E-state index contributed by atoms with van der Waals surface area (Å²) < 4.78 is 18.4. The van der Waals surface area contributed by atoms with Crippen LogP contribution < -0.4 is 0 Å². The molecule has 1 aromatic heterocycles. The molecule has 0 aliphatic heterocycles. The van der Waals surface area contributed by atoms with Crippen LogP contribution in [-0.2, 0) is 14.9 Å². The number of halogens is 1. The zero-order chi connectivity index (χ0) is 15.6. The van der Waals surface area contributed by atoms with Gasteiger partial charge in [0.05, 0.1) is 12.3 Å². The van der Waals surface area contributed by atoms with Gasteiger partial charge in [-0.2, -0.15) is 0 Å². The van der Waals surface area contributed by atoms with E-state index in [2.05, 4.69) is 4.98 Å². The van der Waals surface area contributed by atoms with Crippen molar-refractivity contribution in [2.45, 2.75) is 26.2 Å². The number of rotatable bonds is 4. The largest absolute Gasteiger partial charge is 0.508 e. The molecule has 6 heteroatoms. The van der Waals surface area contributed by atoms with E-state index in [4.69, 9.17) is 4.74 Å². The third kappa shape index (κ3) is 3.21. The summed E-state index contributed by atoms with van der Waals surface area (Å²) in [7, 11) is 0. The van der Waals surface area contributed by atoms with E-state index in [1.54, 1.807) is 26.2 Å². The molecule has 0 atom stereocenters. The number of carbonyl (C=O) groups is 1. The minimum absolute atomic E-state index is 0.161. The molecule has 0 amide bonds. The molecule has 21 heavy (non-hydrogen) atoms. The number of carbonyl (C=O) groups excluding carboxylic acids is 1. The minimum atomic E-state index is -0.875. The molecule has 0 aliphatic carbocycles. The standard InChI is InChI=1S/C15H16FNO3S/c1-4-20-14(19)15(2,3)12-8-21-13(17-12)9-5-10(16)7-11(18)6-9/h5-8,18H,4H2,1-3H3. The van der Waals surface area contributed by atoms with Gasteiger partial charge in [0.25, 0.3) is 0 Å². The number of phenols is 1. The van der Waals surface area contributed by atoms with Crippen molar-refractivity contribution in [3.63, 3.8) is 0 Å². The highest BCUT2D eigenvalue weighted by Crippen LogP contribution is 2.32. The summed E-state index contributed by atoms with van der Waals surface area (Å²) in [4.78, 5) is 16.3. The van der Waals surface area contributed by atoms with Crippen molar-refractivity contribution >= 4 is 17.3 Å². The van der Waals surface area contributed by atoms with Crippen LogP contribution in [0, 0.1) is 5.82 Å².